The molecule has 0 aliphatic carbocycles. The monoisotopic (exact) mass is 485 g/mol. The van der Waals surface area contributed by atoms with Gasteiger partial charge in [-0.3, -0.25) is 9.69 Å². The summed E-state index contributed by atoms with van der Waals surface area (Å²) in [5.74, 6) is -0.0482. The molecule has 35 heavy (non-hydrogen) atoms. The van der Waals surface area contributed by atoms with Crippen LogP contribution in [0.15, 0.2) is 65.8 Å². The zero-order valence-electron chi connectivity index (χ0n) is 19.5. The average molecular weight is 486 g/mol. The minimum atomic E-state index is -0.440. The molecule has 3 amide bonds. The van der Waals surface area contributed by atoms with Gasteiger partial charge >= 0.3 is 6.03 Å². The van der Waals surface area contributed by atoms with E-state index in [4.69, 9.17) is 0 Å². The van der Waals surface area contributed by atoms with Crippen LogP contribution in [0.25, 0.3) is 11.1 Å². The number of carbonyl (C=O) groups is 2. The van der Waals surface area contributed by atoms with Crippen LogP contribution in [0.1, 0.15) is 30.0 Å². The van der Waals surface area contributed by atoms with E-state index in [1.54, 1.807) is 11.1 Å². The lowest BCUT2D eigenvalue weighted by atomic mass is 9.98. The predicted octanol–water partition coefficient (Wildman–Crippen LogP) is 4.30. The summed E-state index contributed by atoms with van der Waals surface area (Å²) in [6, 6.07) is 17.6. The molecule has 3 atom stereocenters. The summed E-state index contributed by atoms with van der Waals surface area (Å²) in [4.78, 5) is 32.9. The Kier molecular flexibility index (Phi) is 5.70. The Morgan fingerprint density at radius 3 is 2.89 bits per heavy atom. The van der Waals surface area contributed by atoms with Crippen molar-refractivity contribution >= 4 is 35.1 Å². The number of amides is 3. The quantitative estimate of drug-likeness (QED) is 0.513. The molecule has 1 fully saturated rings. The molecular weight excluding hydrogens is 458 g/mol. The molecule has 1 aromatic heterocycles. The number of hydrogen-bond acceptors (Lipinski definition) is 5. The number of piperidine rings is 1. The van der Waals surface area contributed by atoms with Crippen molar-refractivity contribution in [2.75, 3.05) is 18.0 Å². The SMILES string of the molecule is Cc1ccccc1-c1cccc(N2C(=O)NC3c4c2ccnc4S[C@H]3C(=O)NC2CCCNC2)c1. The van der Waals surface area contributed by atoms with Crippen LogP contribution in [0.2, 0.25) is 0 Å². The molecule has 3 aromatic rings. The number of anilines is 2. The fourth-order valence-electron chi connectivity index (χ4n) is 5.25. The number of nitrogens with zero attached hydrogens (tertiary/aromatic N) is 2. The standard InChI is InChI=1S/C27H27N5O2S/c1-16-6-2-3-10-20(16)17-7-4-9-19(14-17)32-21-11-13-29-26-22(21)23(31-27(32)34)24(35-26)25(33)30-18-8-5-12-28-15-18/h2-4,6-7,9-11,13-14,18,23-24,28H,5,8,12,15H2,1H3,(H,30,33)(H,31,34)/t18?,23?,24-/m1/s1. The first-order valence-corrected chi connectivity index (χ1v) is 12.9. The minimum absolute atomic E-state index is 0.0482. The molecule has 0 saturated carbocycles. The van der Waals surface area contributed by atoms with E-state index >= 15 is 0 Å². The smallest absolute Gasteiger partial charge is 0.327 e. The molecule has 2 aromatic carbocycles. The Morgan fingerprint density at radius 1 is 1.17 bits per heavy atom. The van der Waals surface area contributed by atoms with Crippen molar-refractivity contribution in [2.24, 2.45) is 0 Å². The molecule has 0 spiro atoms. The molecule has 3 aliphatic rings. The molecule has 3 N–H and O–H groups in total. The van der Waals surface area contributed by atoms with E-state index in [0.29, 0.717) is 0 Å². The zero-order chi connectivity index (χ0) is 23.9. The average Bonchev–Trinajstić information content (AvgIpc) is 3.25. The normalized spacial score (nSPS) is 22.9. The van der Waals surface area contributed by atoms with Gasteiger partial charge in [0, 0.05) is 24.3 Å². The third kappa shape index (κ3) is 3.96. The van der Waals surface area contributed by atoms with Crippen LogP contribution in [0.4, 0.5) is 16.2 Å². The van der Waals surface area contributed by atoms with Crippen LogP contribution < -0.4 is 20.9 Å². The number of urea groups is 1. The van der Waals surface area contributed by atoms with Crippen molar-refractivity contribution in [2.45, 2.75) is 42.1 Å². The Labute approximate surface area is 208 Å². The Morgan fingerprint density at radius 2 is 2.06 bits per heavy atom. The zero-order valence-corrected chi connectivity index (χ0v) is 20.3. The second-order valence-electron chi connectivity index (χ2n) is 9.27. The van der Waals surface area contributed by atoms with Gasteiger partial charge in [0.15, 0.2) is 0 Å². The molecule has 178 valence electrons. The summed E-state index contributed by atoms with van der Waals surface area (Å²) in [5, 5.41) is 9.98. The first-order valence-electron chi connectivity index (χ1n) is 12.0. The predicted molar refractivity (Wildman–Crippen MR) is 138 cm³/mol. The van der Waals surface area contributed by atoms with Gasteiger partial charge in [-0.1, -0.05) is 48.2 Å². The van der Waals surface area contributed by atoms with E-state index in [1.165, 1.54) is 17.3 Å². The Hall–Kier alpha value is -3.36. The largest absolute Gasteiger partial charge is 0.351 e. The molecule has 2 unspecified atom stereocenters. The first kappa shape index (κ1) is 22.1. The number of aryl methyl sites for hydroxylation is 1. The summed E-state index contributed by atoms with van der Waals surface area (Å²) in [5.41, 5.74) is 5.84. The van der Waals surface area contributed by atoms with E-state index in [0.717, 1.165) is 59.0 Å². The number of nitrogens with one attached hydrogen (secondary N) is 3. The highest BCUT2D eigenvalue weighted by molar-refractivity contribution is 8.01. The van der Waals surface area contributed by atoms with Crippen molar-refractivity contribution in [3.05, 3.63) is 71.9 Å². The number of thioether (sulfide) groups is 1. The Bertz CT molecular complexity index is 1310. The van der Waals surface area contributed by atoms with E-state index in [2.05, 4.69) is 46.1 Å². The van der Waals surface area contributed by atoms with Crippen LogP contribution in [0, 0.1) is 6.92 Å². The number of pyridine rings is 1. The van der Waals surface area contributed by atoms with Gasteiger partial charge in [0.05, 0.1) is 17.4 Å². The van der Waals surface area contributed by atoms with Gasteiger partial charge in [0.25, 0.3) is 0 Å². The van der Waals surface area contributed by atoms with Gasteiger partial charge in [-0.05, 0) is 61.2 Å². The highest BCUT2D eigenvalue weighted by Gasteiger charge is 2.46. The van der Waals surface area contributed by atoms with Crippen molar-refractivity contribution in [1.29, 1.82) is 0 Å². The van der Waals surface area contributed by atoms with Crippen molar-refractivity contribution in [3.63, 3.8) is 0 Å². The maximum Gasteiger partial charge on any atom is 0.327 e. The molecule has 3 aliphatic heterocycles. The third-order valence-corrected chi connectivity index (χ3v) is 8.26. The molecule has 6 rings (SSSR count). The van der Waals surface area contributed by atoms with Gasteiger partial charge in [0.1, 0.15) is 10.3 Å². The van der Waals surface area contributed by atoms with Gasteiger partial charge in [-0.25, -0.2) is 9.78 Å². The Balaban J connectivity index is 1.33. The van der Waals surface area contributed by atoms with Gasteiger partial charge in [0.2, 0.25) is 5.91 Å². The second kappa shape index (κ2) is 9.02. The summed E-state index contributed by atoms with van der Waals surface area (Å²) in [6.45, 7) is 3.85. The lowest BCUT2D eigenvalue weighted by molar-refractivity contribution is -0.121. The molecule has 0 radical (unpaired) electrons. The van der Waals surface area contributed by atoms with E-state index < -0.39 is 11.3 Å². The minimum Gasteiger partial charge on any atom is -0.351 e. The lowest BCUT2D eigenvalue weighted by Crippen LogP contribution is -2.52. The lowest BCUT2D eigenvalue weighted by Gasteiger charge is -2.34. The first-order chi connectivity index (χ1) is 17.1. The number of carbonyl (C=O) groups excluding carboxylic acids is 2. The van der Waals surface area contributed by atoms with Crippen LogP contribution >= 0.6 is 11.8 Å². The highest BCUT2D eigenvalue weighted by atomic mass is 32.2. The fourth-order valence-corrected chi connectivity index (χ4v) is 6.49. The second-order valence-corrected chi connectivity index (χ2v) is 10.4. The van der Waals surface area contributed by atoms with Gasteiger partial charge in [-0.15, -0.1) is 0 Å². The van der Waals surface area contributed by atoms with Crippen molar-refractivity contribution in [3.8, 4) is 11.1 Å². The van der Waals surface area contributed by atoms with E-state index in [-0.39, 0.29) is 18.0 Å². The highest BCUT2D eigenvalue weighted by Crippen LogP contribution is 2.50. The number of benzene rings is 2. The number of rotatable bonds is 4. The molecule has 8 heteroatoms. The number of hydrogen-bond donors (Lipinski definition) is 3. The van der Waals surface area contributed by atoms with E-state index in [9.17, 15) is 9.59 Å². The summed E-state index contributed by atoms with van der Waals surface area (Å²) in [7, 11) is 0. The van der Waals surface area contributed by atoms with Crippen LogP contribution in [-0.2, 0) is 4.79 Å². The molecular formula is C27H27N5O2S. The fraction of sp³-hybridized carbons (Fsp3) is 0.296. The van der Waals surface area contributed by atoms with Crippen LogP contribution in [-0.4, -0.2) is 41.3 Å². The number of aromatic nitrogens is 1. The molecule has 0 bridgehead atoms. The van der Waals surface area contributed by atoms with E-state index in [1.807, 2.05) is 36.4 Å². The van der Waals surface area contributed by atoms with Crippen LogP contribution in [0.5, 0.6) is 0 Å². The molecule has 4 heterocycles. The molecule has 1 saturated heterocycles. The summed E-state index contributed by atoms with van der Waals surface area (Å²) < 4.78 is 0. The maximum atomic E-state index is 13.5. The van der Waals surface area contributed by atoms with Gasteiger partial charge in [-0.2, -0.15) is 0 Å². The molecule has 7 nitrogen and oxygen atoms in total. The topological polar surface area (TPSA) is 86.4 Å². The van der Waals surface area contributed by atoms with Crippen LogP contribution in [0.3, 0.4) is 0 Å². The van der Waals surface area contributed by atoms with Gasteiger partial charge < -0.3 is 16.0 Å². The third-order valence-electron chi connectivity index (χ3n) is 6.97. The van der Waals surface area contributed by atoms with Crippen molar-refractivity contribution in [1.82, 2.24) is 20.9 Å². The summed E-state index contributed by atoms with van der Waals surface area (Å²) in [6.07, 6.45) is 3.74. The van der Waals surface area contributed by atoms with Crippen molar-refractivity contribution < 1.29 is 9.59 Å². The summed E-state index contributed by atoms with van der Waals surface area (Å²) >= 11 is 1.44. The maximum absolute atomic E-state index is 13.5.